The Kier molecular flexibility index (Phi) is 4.84. The number of nitrogens with one attached hydrogen (secondary N) is 1. The van der Waals surface area contributed by atoms with Crippen LogP contribution in [0, 0.1) is 19.5 Å². The van der Waals surface area contributed by atoms with Gasteiger partial charge in [0.15, 0.2) is 0 Å². The van der Waals surface area contributed by atoms with E-state index in [1.807, 2.05) is 22.6 Å². The molecule has 0 radical (unpaired) electrons. The quantitative estimate of drug-likeness (QED) is 0.487. The summed E-state index contributed by atoms with van der Waals surface area (Å²) in [5.74, 6) is -0.759. The molecule has 21 heavy (non-hydrogen) atoms. The van der Waals surface area contributed by atoms with Gasteiger partial charge in [0, 0.05) is 22.2 Å². The van der Waals surface area contributed by atoms with Crippen LogP contribution in [0.1, 0.15) is 15.9 Å². The molecule has 0 saturated heterocycles. The van der Waals surface area contributed by atoms with Crippen LogP contribution in [0.15, 0.2) is 42.5 Å². The second-order valence-electron chi connectivity index (χ2n) is 4.23. The molecule has 0 atom stereocenters. The lowest BCUT2D eigenvalue weighted by molar-refractivity contribution is -0.384. The minimum Gasteiger partial charge on any atom is -0.348 e. The van der Waals surface area contributed by atoms with E-state index in [-0.39, 0.29) is 23.6 Å². The number of non-ortho nitro benzene ring substituents is 1. The Balaban J connectivity index is 2.11. The molecule has 1 N–H and O–H groups in total. The maximum absolute atomic E-state index is 12.8. The standard InChI is InChI=1S/C14H10FIN2O3/c15-10-3-1-9(2-4-10)8-17-14(19)12-7-11(18(20)21)5-6-13(12)16/h1-7H,8H2,(H,17,19). The van der Waals surface area contributed by atoms with Gasteiger partial charge in [-0.05, 0) is 46.4 Å². The van der Waals surface area contributed by atoms with Crippen LogP contribution in [0.2, 0.25) is 0 Å². The monoisotopic (exact) mass is 400 g/mol. The summed E-state index contributed by atoms with van der Waals surface area (Å²) in [7, 11) is 0. The molecule has 0 unspecified atom stereocenters. The molecule has 0 spiro atoms. The molecule has 0 saturated carbocycles. The number of nitro benzene ring substituents is 1. The van der Waals surface area contributed by atoms with E-state index in [4.69, 9.17) is 0 Å². The van der Waals surface area contributed by atoms with Crippen LogP contribution in [0.4, 0.5) is 10.1 Å². The predicted octanol–water partition coefficient (Wildman–Crippen LogP) is 3.27. The van der Waals surface area contributed by atoms with Gasteiger partial charge < -0.3 is 5.32 Å². The average Bonchev–Trinajstić information content (AvgIpc) is 2.46. The van der Waals surface area contributed by atoms with Crippen LogP contribution < -0.4 is 5.32 Å². The molecule has 7 heteroatoms. The van der Waals surface area contributed by atoms with Crippen molar-refractivity contribution in [3.8, 4) is 0 Å². The molecule has 1 amide bonds. The Bertz CT molecular complexity index is 689. The maximum atomic E-state index is 12.8. The van der Waals surface area contributed by atoms with Crippen LogP contribution in [-0.2, 0) is 6.54 Å². The molecule has 5 nitrogen and oxygen atoms in total. The first-order valence-electron chi connectivity index (χ1n) is 5.94. The molecule has 0 bridgehead atoms. The molecular formula is C14H10FIN2O3. The zero-order chi connectivity index (χ0) is 15.4. The number of carbonyl (C=O) groups excluding carboxylic acids is 1. The van der Waals surface area contributed by atoms with Crippen LogP contribution in [0.25, 0.3) is 0 Å². The van der Waals surface area contributed by atoms with Gasteiger partial charge in [0.05, 0.1) is 10.5 Å². The van der Waals surface area contributed by atoms with Crippen molar-refractivity contribution in [1.29, 1.82) is 0 Å². The minimum atomic E-state index is -0.549. The van der Waals surface area contributed by atoms with Gasteiger partial charge >= 0.3 is 0 Å². The fourth-order valence-electron chi connectivity index (χ4n) is 1.68. The highest BCUT2D eigenvalue weighted by Gasteiger charge is 2.15. The normalized spacial score (nSPS) is 10.2. The molecule has 0 heterocycles. The van der Waals surface area contributed by atoms with E-state index < -0.39 is 10.8 Å². The predicted molar refractivity (Wildman–Crippen MR) is 83.4 cm³/mol. The summed E-state index contributed by atoms with van der Waals surface area (Å²) in [6.45, 7) is 0.220. The third-order valence-electron chi connectivity index (χ3n) is 2.77. The Morgan fingerprint density at radius 1 is 1.24 bits per heavy atom. The van der Waals surface area contributed by atoms with E-state index >= 15 is 0 Å². The highest BCUT2D eigenvalue weighted by atomic mass is 127. The van der Waals surface area contributed by atoms with E-state index in [9.17, 15) is 19.3 Å². The van der Waals surface area contributed by atoms with E-state index in [0.29, 0.717) is 3.57 Å². The number of nitrogens with zero attached hydrogens (tertiary/aromatic N) is 1. The third kappa shape index (κ3) is 3.97. The summed E-state index contributed by atoms with van der Waals surface area (Å²) in [5, 5.41) is 13.4. The summed E-state index contributed by atoms with van der Waals surface area (Å²) in [5.41, 5.74) is 0.847. The number of rotatable bonds is 4. The molecular weight excluding hydrogens is 390 g/mol. The van der Waals surface area contributed by atoms with Crippen molar-refractivity contribution in [2.24, 2.45) is 0 Å². The number of hydrogen-bond donors (Lipinski definition) is 1. The topological polar surface area (TPSA) is 72.2 Å². The van der Waals surface area contributed by atoms with Crippen molar-refractivity contribution in [1.82, 2.24) is 5.32 Å². The molecule has 2 rings (SSSR count). The number of benzene rings is 2. The molecule has 0 fully saturated rings. The zero-order valence-electron chi connectivity index (χ0n) is 10.7. The molecule has 2 aromatic carbocycles. The first-order chi connectivity index (χ1) is 9.97. The van der Waals surface area contributed by atoms with Crippen LogP contribution >= 0.6 is 22.6 Å². The number of amides is 1. The van der Waals surface area contributed by atoms with E-state index in [0.717, 1.165) is 5.56 Å². The largest absolute Gasteiger partial charge is 0.348 e. The van der Waals surface area contributed by atoms with Crippen molar-refractivity contribution in [3.05, 3.63) is 73.1 Å². The number of nitro groups is 1. The van der Waals surface area contributed by atoms with Crippen molar-refractivity contribution in [2.75, 3.05) is 0 Å². The molecule has 0 aromatic heterocycles. The lowest BCUT2D eigenvalue weighted by Crippen LogP contribution is -2.23. The fraction of sp³-hybridized carbons (Fsp3) is 0.0714. The van der Waals surface area contributed by atoms with Crippen LogP contribution in [0.5, 0.6) is 0 Å². The van der Waals surface area contributed by atoms with E-state index in [1.54, 1.807) is 12.1 Å². The van der Waals surface area contributed by atoms with Gasteiger partial charge in [-0.15, -0.1) is 0 Å². The zero-order valence-corrected chi connectivity index (χ0v) is 12.8. The van der Waals surface area contributed by atoms with E-state index in [1.165, 1.54) is 30.3 Å². The van der Waals surface area contributed by atoms with Crippen molar-refractivity contribution >= 4 is 34.2 Å². The highest BCUT2D eigenvalue weighted by molar-refractivity contribution is 14.1. The average molecular weight is 400 g/mol. The Morgan fingerprint density at radius 3 is 2.52 bits per heavy atom. The van der Waals surface area contributed by atoms with Crippen LogP contribution in [-0.4, -0.2) is 10.8 Å². The Morgan fingerprint density at radius 2 is 1.90 bits per heavy atom. The highest BCUT2D eigenvalue weighted by Crippen LogP contribution is 2.19. The first-order valence-corrected chi connectivity index (χ1v) is 7.02. The number of halogens is 2. The van der Waals surface area contributed by atoms with Gasteiger partial charge in [-0.2, -0.15) is 0 Å². The first kappa shape index (κ1) is 15.4. The van der Waals surface area contributed by atoms with E-state index in [2.05, 4.69) is 5.32 Å². The second-order valence-corrected chi connectivity index (χ2v) is 5.39. The van der Waals surface area contributed by atoms with Gasteiger partial charge in [-0.1, -0.05) is 12.1 Å². The summed E-state index contributed by atoms with van der Waals surface area (Å²) in [4.78, 5) is 22.3. The molecule has 0 aliphatic heterocycles. The van der Waals surface area contributed by atoms with Gasteiger partial charge in [-0.25, -0.2) is 4.39 Å². The number of carbonyl (C=O) groups is 1. The summed E-state index contributed by atoms with van der Waals surface area (Å²) >= 11 is 1.94. The lowest BCUT2D eigenvalue weighted by Gasteiger charge is -2.07. The van der Waals surface area contributed by atoms with Crippen molar-refractivity contribution < 1.29 is 14.1 Å². The minimum absolute atomic E-state index is 0.137. The Labute approximate surface area is 133 Å². The number of hydrogen-bond acceptors (Lipinski definition) is 3. The molecule has 2 aromatic rings. The second kappa shape index (κ2) is 6.61. The van der Waals surface area contributed by atoms with Gasteiger partial charge in [0.2, 0.25) is 0 Å². The van der Waals surface area contributed by atoms with Gasteiger partial charge in [0.25, 0.3) is 11.6 Å². The van der Waals surface area contributed by atoms with Gasteiger partial charge in [0.1, 0.15) is 5.82 Å². The van der Waals surface area contributed by atoms with Crippen molar-refractivity contribution in [3.63, 3.8) is 0 Å². The smallest absolute Gasteiger partial charge is 0.270 e. The summed E-state index contributed by atoms with van der Waals surface area (Å²) in [6.07, 6.45) is 0. The maximum Gasteiger partial charge on any atom is 0.270 e. The molecule has 108 valence electrons. The fourth-order valence-corrected chi connectivity index (χ4v) is 2.26. The van der Waals surface area contributed by atoms with Gasteiger partial charge in [-0.3, -0.25) is 14.9 Å². The summed E-state index contributed by atoms with van der Waals surface area (Å²) in [6, 6.07) is 9.84. The third-order valence-corrected chi connectivity index (χ3v) is 3.71. The summed E-state index contributed by atoms with van der Waals surface area (Å²) < 4.78 is 13.4. The Hall–Kier alpha value is -2.03. The molecule has 0 aliphatic carbocycles. The van der Waals surface area contributed by atoms with Crippen LogP contribution in [0.3, 0.4) is 0 Å². The van der Waals surface area contributed by atoms with Crippen molar-refractivity contribution in [2.45, 2.75) is 6.54 Å². The molecule has 0 aliphatic rings. The SMILES string of the molecule is O=C(NCc1ccc(F)cc1)c1cc([N+](=O)[O-])ccc1I. The lowest BCUT2D eigenvalue weighted by atomic mass is 10.1.